The number of carbonyl (C=O) groups is 3. The number of fused-ring (bicyclic) bond motifs is 2. The zero-order chi connectivity index (χ0) is 28.0. The van der Waals surface area contributed by atoms with E-state index in [0.29, 0.717) is 18.6 Å². The Bertz CT molecular complexity index is 1130. The summed E-state index contributed by atoms with van der Waals surface area (Å²) in [6, 6.07) is 4.80. The van der Waals surface area contributed by atoms with Crippen molar-refractivity contribution in [3.05, 3.63) is 35.4 Å². The van der Waals surface area contributed by atoms with Crippen LogP contribution >= 0.6 is 11.8 Å². The molecule has 4 rings (SSSR count). The van der Waals surface area contributed by atoms with E-state index in [4.69, 9.17) is 10.5 Å². The first kappa shape index (κ1) is 28.2. The molecule has 2 amide bonds. The molecular weight excluding hydrogens is 521 g/mol. The first-order valence-corrected chi connectivity index (χ1v) is 13.6. The highest BCUT2D eigenvalue weighted by Gasteiger charge is 2.58. The van der Waals surface area contributed by atoms with Crippen LogP contribution < -0.4 is 5.73 Å². The average molecular weight is 553 g/mol. The van der Waals surface area contributed by atoms with Gasteiger partial charge in [0, 0.05) is 29.3 Å². The zero-order valence-corrected chi connectivity index (χ0v) is 22.3. The molecule has 38 heavy (non-hydrogen) atoms. The van der Waals surface area contributed by atoms with Crippen LogP contribution in [-0.4, -0.2) is 68.5 Å². The number of nitriles is 1. The smallest absolute Gasteiger partial charge is 0.416 e. The van der Waals surface area contributed by atoms with Crippen molar-refractivity contribution in [2.75, 3.05) is 11.6 Å². The van der Waals surface area contributed by atoms with E-state index in [1.54, 1.807) is 25.7 Å². The maximum absolute atomic E-state index is 13.8. The molecule has 8 nitrogen and oxygen atoms in total. The minimum absolute atomic E-state index is 0.140. The summed E-state index contributed by atoms with van der Waals surface area (Å²) in [5.74, 6) is -1.92. The molecule has 1 aromatic rings. The number of nitrogens with two attached hydrogens (primary N) is 1. The number of thioether (sulfide) groups is 1. The fourth-order valence-electron chi connectivity index (χ4n) is 5.61. The van der Waals surface area contributed by atoms with E-state index in [1.807, 2.05) is 0 Å². The molecule has 3 saturated heterocycles. The van der Waals surface area contributed by atoms with Gasteiger partial charge in [-0.15, -0.1) is 11.8 Å². The molecule has 1 aromatic carbocycles. The van der Waals surface area contributed by atoms with Crippen molar-refractivity contribution in [1.29, 1.82) is 5.26 Å². The van der Waals surface area contributed by atoms with Gasteiger partial charge >= 0.3 is 12.1 Å². The Morgan fingerprint density at radius 2 is 1.66 bits per heavy atom. The van der Waals surface area contributed by atoms with E-state index in [1.165, 1.54) is 28.8 Å². The molecule has 3 fully saturated rings. The maximum Gasteiger partial charge on any atom is 0.416 e. The molecule has 0 radical (unpaired) electrons. The van der Waals surface area contributed by atoms with Crippen molar-refractivity contribution in [3.8, 4) is 6.07 Å². The van der Waals surface area contributed by atoms with Crippen LogP contribution in [0.2, 0.25) is 0 Å². The van der Waals surface area contributed by atoms with Crippen molar-refractivity contribution in [2.24, 2.45) is 11.7 Å². The van der Waals surface area contributed by atoms with Crippen LogP contribution in [0.4, 0.5) is 13.2 Å². The summed E-state index contributed by atoms with van der Waals surface area (Å²) in [5, 5.41) is 9.53. The van der Waals surface area contributed by atoms with Crippen LogP contribution in [0.15, 0.2) is 24.3 Å². The second-order valence-electron chi connectivity index (χ2n) is 11.1. The molecule has 0 saturated carbocycles. The number of halogens is 3. The fraction of sp³-hybridized carbons (Fsp3) is 0.615. The van der Waals surface area contributed by atoms with Crippen molar-refractivity contribution in [2.45, 2.75) is 81.9 Å². The molecule has 2 N–H and O–H groups in total. The topological polar surface area (TPSA) is 117 Å². The second-order valence-corrected chi connectivity index (χ2v) is 12.1. The number of alkyl halides is 3. The van der Waals surface area contributed by atoms with E-state index < -0.39 is 52.6 Å². The number of ether oxygens (including phenoxy) is 1. The highest BCUT2D eigenvalue weighted by atomic mass is 32.2. The zero-order valence-electron chi connectivity index (χ0n) is 21.5. The number of rotatable bonds is 4. The third kappa shape index (κ3) is 5.23. The molecular formula is C26H31F3N4O4S. The van der Waals surface area contributed by atoms with Gasteiger partial charge in [-0.2, -0.15) is 18.4 Å². The summed E-state index contributed by atoms with van der Waals surface area (Å²) in [6.45, 7) is 5.03. The third-order valence-corrected chi connectivity index (χ3v) is 8.47. The summed E-state index contributed by atoms with van der Waals surface area (Å²) in [4.78, 5) is 43.6. The van der Waals surface area contributed by atoms with Gasteiger partial charge in [0.05, 0.1) is 17.5 Å². The molecule has 2 bridgehead atoms. The summed E-state index contributed by atoms with van der Waals surface area (Å²) < 4.78 is 44.5. The van der Waals surface area contributed by atoms with Gasteiger partial charge in [0.15, 0.2) is 5.54 Å². The first-order valence-electron chi connectivity index (χ1n) is 12.5. The Labute approximate surface area is 223 Å². The second kappa shape index (κ2) is 10.1. The molecule has 2 unspecified atom stereocenters. The molecule has 3 heterocycles. The number of amides is 2. The maximum atomic E-state index is 13.8. The molecule has 0 aliphatic carbocycles. The van der Waals surface area contributed by atoms with Gasteiger partial charge in [-0.25, -0.2) is 4.79 Å². The summed E-state index contributed by atoms with van der Waals surface area (Å²) >= 11 is 1.40. The number of hydrogen-bond donors (Lipinski definition) is 1. The molecule has 206 valence electrons. The third-order valence-electron chi connectivity index (χ3n) is 7.45. The lowest BCUT2D eigenvalue weighted by Crippen LogP contribution is -2.68. The van der Waals surface area contributed by atoms with Gasteiger partial charge in [-0.3, -0.25) is 9.59 Å². The molecule has 4 atom stereocenters. The van der Waals surface area contributed by atoms with E-state index >= 15 is 0 Å². The quantitative estimate of drug-likeness (QED) is 0.449. The van der Waals surface area contributed by atoms with Crippen LogP contribution in [0.3, 0.4) is 0 Å². The van der Waals surface area contributed by atoms with Gasteiger partial charge in [0.1, 0.15) is 11.6 Å². The van der Waals surface area contributed by atoms with Gasteiger partial charge < -0.3 is 20.3 Å². The fourth-order valence-corrected chi connectivity index (χ4v) is 6.69. The van der Waals surface area contributed by atoms with Gasteiger partial charge in [-0.1, -0.05) is 0 Å². The SMILES string of the molecule is CC(C)(C)OC(=O)[C@@](N)(C(=O)N1CSC[C@@H]1C#N)C1CC2CCC(C1)N2C(=O)c1ccc(C(F)(F)F)cc1. The molecule has 0 aromatic heterocycles. The van der Waals surface area contributed by atoms with Crippen LogP contribution in [0.5, 0.6) is 0 Å². The summed E-state index contributed by atoms with van der Waals surface area (Å²) in [6.07, 6.45) is -2.76. The minimum atomic E-state index is -4.50. The molecule has 3 aliphatic rings. The van der Waals surface area contributed by atoms with Crippen LogP contribution in [0.1, 0.15) is 62.4 Å². The first-order chi connectivity index (χ1) is 17.7. The average Bonchev–Trinajstić information content (AvgIpc) is 3.42. The van der Waals surface area contributed by atoms with E-state index in [9.17, 15) is 32.8 Å². The van der Waals surface area contributed by atoms with Crippen molar-refractivity contribution >= 4 is 29.5 Å². The lowest BCUT2D eigenvalue weighted by atomic mass is 9.74. The highest BCUT2D eigenvalue weighted by molar-refractivity contribution is 7.99. The number of piperidine rings is 1. The van der Waals surface area contributed by atoms with Gasteiger partial charge in [0.2, 0.25) is 0 Å². The molecule has 0 spiro atoms. The van der Waals surface area contributed by atoms with Crippen molar-refractivity contribution in [1.82, 2.24) is 9.80 Å². The predicted octanol–water partition coefficient (Wildman–Crippen LogP) is 3.55. The van der Waals surface area contributed by atoms with Crippen LogP contribution in [0, 0.1) is 17.2 Å². The monoisotopic (exact) mass is 552 g/mol. The van der Waals surface area contributed by atoms with Crippen molar-refractivity contribution < 1.29 is 32.3 Å². The Balaban J connectivity index is 1.60. The standard InChI is InChI=1S/C26H31F3N4O4S/c1-24(2,3)37-23(36)25(31,22(35)32-14-38-13-20(32)12-30)17-10-18-8-9-19(11-17)33(18)21(34)15-4-6-16(7-5-15)26(27,28)29/h4-7,17-20H,8-11,13-14,31H2,1-3H3/t17?,18?,19?,20-,25-/m0/s1. The Kier molecular flexibility index (Phi) is 7.49. The van der Waals surface area contributed by atoms with Crippen LogP contribution in [-0.2, 0) is 20.5 Å². The summed E-state index contributed by atoms with van der Waals surface area (Å²) in [5.41, 5.74) is 3.06. The lowest BCUT2D eigenvalue weighted by molar-refractivity contribution is -0.171. The summed E-state index contributed by atoms with van der Waals surface area (Å²) in [7, 11) is 0. The minimum Gasteiger partial charge on any atom is -0.458 e. The highest BCUT2D eigenvalue weighted by Crippen LogP contribution is 2.44. The number of nitrogens with zero attached hydrogens (tertiary/aromatic N) is 3. The number of esters is 1. The van der Waals surface area contributed by atoms with Gasteiger partial charge in [0.25, 0.3) is 11.8 Å². The Morgan fingerprint density at radius 1 is 1.08 bits per heavy atom. The van der Waals surface area contributed by atoms with E-state index in [2.05, 4.69) is 6.07 Å². The van der Waals surface area contributed by atoms with E-state index in [0.717, 1.165) is 12.1 Å². The normalized spacial score (nSPS) is 27.0. The number of carbonyl (C=O) groups excluding carboxylic acids is 3. The number of hydrogen-bond acceptors (Lipinski definition) is 7. The molecule has 3 aliphatic heterocycles. The van der Waals surface area contributed by atoms with Crippen molar-refractivity contribution in [3.63, 3.8) is 0 Å². The number of benzene rings is 1. The van der Waals surface area contributed by atoms with E-state index in [-0.39, 0.29) is 36.4 Å². The Morgan fingerprint density at radius 3 is 2.16 bits per heavy atom. The molecule has 12 heteroatoms. The van der Waals surface area contributed by atoms with Gasteiger partial charge in [-0.05, 0) is 70.7 Å². The lowest BCUT2D eigenvalue weighted by Gasteiger charge is -2.45. The van der Waals surface area contributed by atoms with Crippen LogP contribution in [0.25, 0.3) is 0 Å². The largest absolute Gasteiger partial charge is 0.458 e. The predicted molar refractivity (Wildman–Crippen MR) is 133 cm³/mol. The Hall–Kier alpha value is -2.78.